The van der Waals surface area contributed by atoms with E-state index in [1.165, 1.54) is 6.20 Å². The van der Waals surface area contributed by atoms with E-state index in [0.717, 1.165) is 5.56 Å². The summed E-state index contributed by atoms with van der Waals surface area (Å²) in [5.41, 5.74) is 1.27. The van der Waals surface area contributed by atoms with Crippen LogP contribution in [0.3, 0.4) is 0 Å². The van der Waals surface area contributed by atoms with Gasteiger partial charge in [-0.05, 0) is 36.8 Å². The quantitative estimate of drug-likeness (QED) is 0.432. The lowest BCUT2D eigenvalue weighted by molar-refractivity contribution is -0.112. The summed E-state index contributed by atoms with van der Waals surface area (Å²) in [7, 11) is 0. The fraction of sp³-hybridized carbons (Fsp3) is 0.150. The summed E-state index contributed by atoms with van der Waals surface area (Å²) in [4.78, 5) is 24.3. The van der Waals surface area contributed by atoms with Gasteiger partial charge in [0.25, 0.3) is 5.91 Å². The predicted octanol–water partition coefficient (Wildman–Crippen LogP) is 3.65. The molecule has 0 atom stereocenters. The van der Waals surface area contributed by atoms with Crippen LogP contribution < -0.4 is 10.6 Å². The summed E-state index contributed by atoms with van der Waals surface area (Å²) >= 11 is 5.92. The first-order chi connectivity index (χ1) is 13.0. The van der Waals surface area contributed by atoms with E-state index >= 15 is 0 Å². The molecule has 2 aromatic carbocycles. The van der Waals surface area contributed by atoms with Crippen LogP contribution in [0.4, 0.5) is 5.69 Å². The minimum Gasteiger partial charge on any atom is -0.462 e. The van der Waals surface area contributed by atoms with Gasteiger partial charge < -0.3 is 15.4 Å². The molecule has 0 aliphatic heterocycles. The van der Waals surface area contributed by atoms with Crippen LogP contribution in [-0.4, -0.2) is 18.5 Å². The molecule has 2 aromatic rings. The lowest BCUT2D eigenvalue weighted by atomic mass is 10.1. The number of carbonyl (C=O) groups excluding carboxylic acids is 2. The van der Waals surface area contributed by atoms with Crippen LogP contribution in [-0.2, 0) is 16.1 Å². The van der Waals surface area contributed by atoms with Gasteiger partial charge in [0.05, 0.1) is 17.9 Å². The monoisotopic (exact) mass is 383 g/mol. The number of amides is 1. The molecule has 0 aliphatic carbocycles. The maximum Gasteiger partial charge on any atom is 0.340 e. The Morgan fingerprint density at radius 3 is 2.70 bits per heavy atom. The van der Waals surface area contributed by atoms with E-state index in [2.05, 4.69) is 10.6 Å². The maximum absolute atomic E-state index is 12.4. The predicted molar refractivity (Wildman–Crippen MR) is 103 cm³/mol. The molecule has 0 fully saturated rings. The average Bonchev–Trinajstić information content (AvgIpc) is 2.66. The van der Waals surface area contributed by atoms with Crippen molar-refractivity contribution >= 4 is 29.2 Å². The normalized spacial score (nSPS) is 10.6. The largest absolute Gasteiger partial charge is 0.462 e. The second-order valence-electron chi connectivity index (χ2n) is 5.40. The summed E-state index contributed by atoms with van der Waals surface area (Å²) in [6.07, 6.45) is 1.32. The molecule has 138 valence electrons. The number of para-hydroxylation sites is 1. The van der Waals surface area contributed by atoms with Gasteiger partial charge in [-0.3, -0.25) is 4.79 Å². The number of carbonyl (C=O) groups is 2. The third kappa shape index (κ3) is 5.87. The van der Waals surface area contributed by atoms with Crippen LogP contribution in [0, 0.1) is 11.3 Å². The van der Waals surface area contributed by atoms with Crippen molar-refractivity contribution in [2.75, 3.05) is 11.9 Å². The van der Waals surface area contributed by atoms with Gasteiger partial charge in [-0.15, -0.1) is 0 Å². The number of nitrogens with zero attached hydrogens (tertiary/aromatic N) is 1. The molecule has 2 rings (SSSR count). The number of nitriles is 1. The maximum atomic E-state index is 12.4. The third-order valence-corrected chi connectivity index (χ3v) is 3.71. The zero-order valence-electron chi connectivity index (χ0n) is 14.7. The minimum atomic E-state index is -0.632. The van der Waals surface area contributed by atoms with Crippen LogP contribution in [0.1, 0.15) is 22.8 Å². The molecular formula is C20H18ClN3O3. The van der Waals surface area contributed by atoms with Crippen molar-refractivity contribution in [3.05, 3.63) is 76.5 Å². The molecule has 0 bridgehead atoms. The van der Waals surface area contributed by atoms with Crippen LogP contribution in [0.2, 0.25) is 5.02 Å². The SMILES string of the molecule is CCOC(=O)c1ccccc1NC(=O)/C(C#N)=C\NCc1cccc(Cl)c1. The number of benzene rings is 2. The van der Waals surface area contributed by atoms with Gasteiger partial charge in [-0.1, -0.05) is 35.9 Å². The second kappa shape index (κ2) is 10.00. The summed E-state index contributed by atoms with van der Waals surface area (Å²) in [5, 5.41) is 15.3. The van der Waals surface area contributed by atoms with E-state index in [-0.39, 0.29) is 23.4 Å². The molecule has 0 unspecified atom stereocenters. The van der Waals surface area contributed by atoms with E-state index in [1.54, 1.807) is 43.3 Å². The molecule has 0 spiro atoms. The van der Waals surface area contributed by atoms with Crippen molar-refractivity contribution in [1.29, 1.82) is 5.26 Å². The van der Waals surface area contributed by atoms with Gasteiger partial charge in [0, 0.05) is 17.8 Å². The zero-order valence-corrected chi connectivity index (χ0v) is 15.4. The molecule has 0 heterocycles. The van der Waals surface area contributed by atoms with Crippen LogP contribution in [0.25, 0.3) is 0 Å². The number of halogens is 1. The van der Waals surface area contributed by atoms with E-state index in [0.29, 0.717) is 11.6 Å². The molecule has 0 saturated heterocycles. The Hall–Kier alpha value is -3.30. The molecule has 27 heavy (non-hydrogen) atoms. The van der Waals surface area contributed by atoms with Crippen molar-refractivity contribution in [2.24, 2.45) is 0 Å². The van der Waals surface area contributed by atoms with Gasteiger partial charge in [0.2, 0.25) is 0 Å². The molecule has 1 amide bonds. The zero-order chi connectivity index (χ0) is 19.6. The number of rotatable bonds is 7. The van der Waals surface area contributed by atoms with Gasteiger partial charge in [0.1, 0.15) is 11.6 Å². The highest BCUT2D eigenvalue weighted by Gasteiger charge is 2.16. The lowest BCUT2D eigenvalue weighted by Crippen LogP contribution is -2.19. The Labute approximate surface area is 162 Å². The Morgan fingerprint density at radius 2 is 2.00 bits per heavy atom. The Morgan fingerprint density at radius 1 is 1.22 bits per heavy atom. The summed E-state index contributed by atoms with van der Waals surface area (Å²) in [6.45, 7) is 2.32. The van der Waals surface area contributed by atoms with E-state index < -0.39 is 11.9 Å². The molecule has 2 N–H and O–H groups in total. The van der Waals surface area contributed by atoms with Gasteiger partial charge in [0.15, 0.2) is 0 Å². The number of hydrogen-bond donors (Lipinski definition) is 2. The lowest BCUT2D eigenvalue weighted by Gasteiger charge is -2.10. The third-order valence-electron chi connectivity index (χ3n) is 3.48. The summed E-state index contributed by atoms with van der Waals surface area (Å²) in [6, 6.07) is 15.5. The van der Waals surface area contributed by atoms with Gasteiger partial charge >= 0.3 is 5.97 Å². The highest BCUT2D eigenvalue weighted by molar-refractivity contribution is 6.30. The van der Waals surface area contributed by atoms with Gasteiger partial charge in [-0.25, -0.2) is 4.79 Å². The highest BCUT2D eigenvalue weighted by atomic mass is 35.5. The fourth-order valence-electron chi connectivity index (χ4n) is 2.24. The van der Waals surface area contributed by atoms with Crippen molar-refractivity contribution < 1.29 is 14.3 Å². The van der Waals surface area contributed by atoms with Gasteiger partial charge in [-0.2, -0.15) is 5.26 Å². The molecule has 0 saturated carbocycles. The number of hydrogen-bond acceptors (Lipinski definition) is 5. The molecule has 7 heteroatoms. The standard InChI is InChI=1S/C20H18ClN3O3/c1-2-27-20(26)17-8-3-4-9-18(17)24-19(25)15(11-22)13-23-12-14-6-5-7-16(21)10-14/h3-10,13,23H,2,12H2,1H3,(H,24,25)/b15-13-. The number of ether oxygens (including phenoxy) is 1. The van der Waals surface area contributed by atoms with Crippen LogP contribution in [0.5, 0.6) is 0 Å². The summed E-state index contributed by atoms with van der Waals surface area (Å²) < 4.78 is 4.97. The first kappa shape index (κ1) is 20.0. The van der Waals surface area contributed by atoms with Crippen LogP contribution >= 0.6 is 11.6 Å². The van der Waals surface area contributed by atoms with E-state index in [9.17, 15) is 14.9 Å². The first-order valence-electron chi connectivity index (χ1n) is 8.20. The average molecular weight is 384 g/mol. The van der Waals surface area contributed by atoms with Crippen LogP contribution in [0.15, 0.2) is 60.3 Å². The Kier molecular flexibility index (Phi) is 7.41. The Bertz CT molecular complexity index is 903. The van der Waals surface area contributed by atoms with Crippen molar-refractivity contribution in [1.82, 2.24) is 5.32 Å². The molecule has 0 aliphatic rings. The second-order valence-corrected chi connectivity index (χ2v) is 5.84. The minimum absolute atomic E-state index is 0.129. The molecule has 0 aromatic heterocycles. The molecular weight excluding hydrogens is 366 g/mol. The van der Waals surface area contributed by atoms with E-state index in [1.807, 2.05) is 18.2 Å². The smallest absolute Gasteiger partial charge is 0.340 e. The Balaban J connectivity index is 2.07. The number of anilines is 1. The van der Waals surface area contributed by atoms with Crippen molar-refractivity contribution in [3.63, 3.8) is 0 Å². The van der Waals surface area contributed by atoms with Crippen molar-refractivity contribution in [3.8, 4) is 6.07 Å². The molecule has 0 radical (unpaired) electrons. The van der Waals surface area contributed by atoms with Crippen molar-refractivity contribution in [2.45, 2.75) is 13.5 Å². The number of esters is 1. The first-order valence-corrected chi connectivity index (χ1v) is 8.58. The molecule has 6 nitrogen and oxygen atoms in total. The van der Waals surface area contributed by atoms with E-state index in [4.69, 9.17) is 16.3 Å². The highest BCUT2D eigenvalue weighted by Crippen LogP contribution is 2.17. The fourth-order valence-corrected chi connectivity index (χ4v) is 2.45. The topological polar surface area (TPSA) is 91.2 Å². The number of nitrogens with one attached hydrogen (secondary N) is 2. The summed E-state index contributed by atoms with van der Waals surface area (Å²) in [5.74, 6) is -1.18.